The Morgan fingerprint density at radius 1 is 1.21 bits per heavy atom. The second-order valence-corrected chi connectivity index (χ2v) is 7.00. The van der Waals surface area contributed by atoms with Crippen molar-refractivity contribution in [2.24, 2.45) is 0 Å². The third-order valence-electron chi connectivity index (χ3n) is 1.94. The quantitative estimate of drug-likeness (QED) is 0.348. The van der Waals surface area contributed by atoms with E-state index in [1.54, 1.807) is 21.3 Å². The molecule has 0 unspecified atom stereocenters. The van der Waals surface area contributed by atoms with Crippen LogP contribution in [0.15, 0.2) is 12.7 Å². The molecular formula is C9H20O3SSi. The summed E-state index contributed by atoms with van der Waals surface area (Å²) < 4.78 is 15.9. The summed E-state index contributed by atoms with van der Waals surface area (Å²) in [6.07, 6.45) is 2.97. The number of hydrogen-bond acceptors (Lipinski definition) is 4. The van der Waals surface area contributed by atoms with E-state index in [0.717, 1.165) is 24.0 Å². The number of thioether (sulfide) groups is 1. The maximum atomic E-state index is 5.31. The fraction of sp³-hybridized carbons (Fsp3) is 0.778. The van der Waals surface area contributed by atoms with Crippen molar-refractivity contribution in [2.45, 2.75) is 12.5 Å². The third-order valence-corrected chi connectivity index (χ3v) is 5.82. The Kier molecular flexibility index (Phi) is 8.60. The maximum Gasteiger partial charge on any atom is 0.500 e. The smallest absolute Gasteiger partial charge is 0.377 e. The van der Waals surface area contributed by atoms with Gasteiger partial charge in [-0.05, 0) is 12.2 Å². The van der Waals surface area contributed by atoms with E-state index in [9.17, 15) is 0 Å². The van der Waals surface area contributed by atoms with E-state index in [2.05, 4.69) is 6.58 Å². The van der Waals surface area contributed by atoms with Gasteiger partial charge in [0, 0.05) is 33.1 Å². The van der Waals surface area contributed by atoms with Crippen molar-refractivity contribution in [3.63, 3.8) is 0 Å². The van der Waals surface area contributed by atoms with Crippen molar-refractivity contribution in [1.29, 1.82) is 0 Å². The molecule has 0 aliphatic carbocycles. The highest BCUT2D eigenvalue weighted by molar-refractivity contribution is 7.99. The van der Waals surface area contributed by atoms with E-state index in [4.69, 9.17) is 13.3 Å². The van der Waals surface area contributed by atoms with Gasteiger partial charge < -0.3 is 13.3 Å². The van der Waals surface area contributed by atoms with Crippen LogP contribution in [-0.4, -0.2) is 41.6 Å². The summed E-state index contributed by atoms with van der Waals surface area (Å²) in [5.41, 5.74) is 0. The molecule has 0 fully saturated rings. The van der Waals surface area contributed by atoms with E-state index in [0.29, 0.717) is 0 Å². The zero-order valence-corrected chi connectivity index (χ0v) is 11.1. The van der Waals surface area contributed by atoms with Crippen LogP contribution in [0.5, 0.6) is 0 Å². The molecule has 0 bridgehead atoms. The Morgan fingerprint density at radius 3 is 2.21 bits per heavy atom. The summed E-state index contributed by atoms with van der Waals surface area (Å²) in [5.74, 6) is 2.10. The Morgan fingerprint density at radius 2 is 1.79 bits per heavy atom. The highest BCUT2D eigenvalue weighted by atomic mass is 32.2. The highest BCUT2D eigenvalue weighted by Crippen LogP contribution is 2.17. The molecule has 5 heteroatoms. The standard InChI is InChI=1S/C9H20O3SSi/c1-5-7-13-8-6-9-14(10-2,11-3)12-4/h5H,1,6-9H2,2-4H3. The van der Waals surface area contributed by atoms with Crippen molar-refractivity contribution in [3.8, 4) is 0 Å². The molecule has 0 saturated carbocycles. The van der Waals surface area contributed by atoms with E-state index < -0.39 is 8.80 Å². The lowest BCUT2D eigenvalue weighted by atomic mass is 10.6. The molecule has 14 heavy (non-hydrogen) atoms. The topological polar surface area (TPSA) is 27.7 Å². The van der Waals surface area contributed by atoms with E-state index in [1.807, 2.05) is 17.8 Å². The summed E-state index contributed by atoms with van der Waals surface area (Å²) in [6, 6.07) is 0.876. The number of hydrogen-bond donors (Lipinski definition) is 0. The number of rotatable bonds is 9. The second-order valence-electron chi connectivity index (χ2n) is 2.76. The van der Waals surface area contributed by atoms with Gasteiger partial charge in [0.25, 0.3) is 0 Å². The van der Waals surface area contributed by atoms with Gasteiger partial charge >= 0.3 is 8.80 Å². The van der Waals surface area contributed by atoms with Crippen LogP contribution in [0.1, 0.15) is 6.42 Å². The summed E-state index contributed by atoms with van der Waals surface area (Å²) in [6.45, 7) is 3.67. The minimum atomic E-state index is -2.32. The highest BCUT2D eigenvalue weighted by Gasteiger charge is 2.36. The van der Waals surface area contributed by atoms with Crippen LogP contribution in [0.25, 0.3) is 0 Å². The molecule has 0 atom stereocenters. The van der Waals surface area contributed by atoms with Crippen molar-refractivity contribution >= 4 is 20.6 Å². The fourth-order valence-corrected chi connectivity index (χ4v) is 3.77. The molecule has 0 N–H and O–H groups in total. The van der Waals surface area contributed by atoms with Gasteiger partial charge in [0.15, 0.2) is 0 Å². The summed E-state index contributed by atoms with van der Waals surface area (Å²) in [5, 5.41) is 0. The van der Waals surface area contributed by atoms with Gasteiger partial charge in [-0.25, -0.2) is 0 Å². The predicted octanol–water partition coefficient (Wildman–Crippen LogP) is 2.17. The van der Waals surface area contributed by atoms with Gasteiger partial charge in [0.1, 0.15) is 0 Å². The monoisotopic (exact) mass is 236 g/mol. The van der Waals surface area contributed by atoms with Crippen molar-refractivity contribution in [3.05, 3.63) is 12.7 Å². The van der Waals surface area contributed by atoms with E-state index in [-0.39, 0.29) is 0 Å². The van der Waals surface area contributed by atoms with Crippen LogP contribution in [0, 0.1) is 0 Å². The molecule has 0 amide bonds. The van der Waals surface area contributed by atoms with Crippen LogP contribution < -0.4 is 0 Å². The van der Waals surface area contributed by atoms with Gasteiger partial charge in [-0.15, -0.1) is 6.58 Å². The van der Waals surface area contributed by atoms with Crippen LogP contribution in [0.2, 0.25) is 6.04 Å². The molecule has 0 heterocycles. The van der Waals surface area contributed by atoms with Crippen LogP contribution in [0.4, 0.5) is 0 Å². The predicted molar refractivity (Wildman–Crippen MR) is 63.7 cm³/mol. The second kappa shape index (κ2) is 8.49. The molecule has 0 spiro atoms. The van der Waals surface area contributed by atoms with Crippen LogP contribution >= 0.6 is 11.8 Å². The minimum Gasteiger partial charge on any atom is -0.377 e. The third kappa shape index (κ3) is 5.16. The van der Waals surface area contributed by atoms with E-state index in [1.165, 1.54) is 0 Å². The lowest BCUT2D eigenvalue weighted by molar-refractivity contribution is 0.123. The van der Waals surface area contributed by atoms with Gasteiger partial charge in [-0.2, -0.15) is 11.8 Å². The summed E-state index contributed by atoms with van der Waals surface area (Å²) in [7, 11) is 2.63. The first-order chi connectivity index (χ1) is 6.74. The van der Waals surface area contributed by atoms with Crippen molar-refractivity contribution in [2.75, 3.05) is 32.8 Å². The van der Waals surface area contributed by atoms with Gasteiger partial charge in [-0.1, -0.05) is 6.08 Å². The van der Waals surface area contributed by atoms with Gasteiger partial charge in [-0.3, -0.25) is 0 Å². The molecule has 0 radical (unpaired) electrons. The normalized spacial score (nSPS) is 11.6. The minimum absolute atomic E-state index is 0.876. The Bertz CT molecular complexity index is 143. The molecule has 0 aliphatic rings. The molecule has 0 aromatic rings. The molecule has 0 aromatic carbocycles. The Hall–Kier alpha value is 0.187. The lowest BCUT2D eigenvalue weighted by Crippen LogP contribution is -2.42. The fourth-order valence-electron chi connectivity index (χ4n) is 1.11. The molecular weight excluding hydrogens is 216 g/mol. The first kappa shape index (κ1) is 14.2. The van der Waals surface area contributed by atoms with Gasteiger partial charge in [0.2, 0.25) is 0 Å². The summed E-state index contributed by atoms with van der Waals surface area (Å²) in [4.78, 5) is 0. The first-order valence-corrected chi connectivity index (χ1v) is 7.67. The average molecular weight is 236 g/mol. The van der Waals surface area contributed by atoms with Crippen molar-refractivity contribution in [1.82, 2.24) is 0 Å². The SMILES string of the molecule is C=CCSCCC[Si](OC)(OC)OC. The van der Waals surface area contributed by atoms with Crippen LogP contribution in [-0.2, 0) is 13.3 Å². The Balaban J connectivity index is 3.65. The van der Waals surface area contributed by atoms with E-state index >= 15 is 0 Å². The molecule has 3 nitrogen and oxygen atoms in total. The largest absolute Gasteiger partial charge is 0.500 e. The maximum absolute atomic E-state index is 5.31. The summed E-state index contributed by atoms with van der Waals surface area (Å²) >= 11 is 1.86. The van der Waals surface area contributed by atoms with Crippen LogP contribution in [0.3, 0.4) is 0 Å². The zero-order valence-electron chi connectivity index (χ0n) is 9.25. The first-order valence-electron chi connectivity index (χ1n) is 4.58. The Labute approximate surface area is 92.2 Å². The van der Waals surface area contributed by atoms with Gasteiger partial charge in [0.05, 0.1) is 0 Å². The molecule has 0 aliphatic heterocycles. The lowest BCUT2D eigenvalue weighted by Gasteiger charge is -2.24. The molecule has 84 valence electrons. The zero-order chi connectivity index (χ0) is 10.9. The average Bonchev–Trinajstić information content (AvgIpc) is 2.24. The molecule has 0 saturated heterocycles. The molecule has 0 aromatic heterocycles. The molecule has 0 rings (SSSR count). The van der Waals surface area contributed by atoms with Crippen molar-refractivity contribution < 1.29 is 13.3 Å².